The van der Waals surface area contributed by atoms with E-state index in [9.17, 15) is 15.4 Å². The van der Waals surface area contributed by atoms with Gasteiger partial charge < -0.3 is 10.1 Å². The van der Waals surface area contributed by atoms with Crippen molar-refractivity contribution in [2.75, 3.05) is 12.4 Å². The predicted octanol–water partition coefficient (Wildman–Crippen LogP) is 3.23. The van der Waals surface area contributed by atoms with Crippen molar-refractivity contribution in [2.24, 2.45) is 0 Å². The molecule has 1 heterocycles. The molecule has 0 fully saturated rings. The largest absolute Gasteiger partial charge is 0.497 e. The highest BCUT2D eigenvalue weighted by atomic mass is 16.6. The van der Waals surface area contributed by atoms with E-state index in [0.717, 1.165) is 0 Å². The van der Waals surface area contributed by atoms with Gasteiger partial charge in [-0.2, -0.15) is 5.26 Å². The number of pyridine rings is 1. The van der Waals surface area contributed by atoms with Crippen molar-refractivity contribution in [2.45, 2.75) is 13.8 Å². The van der Waals surface area contributed by atoms with Gasteiger partial charge in [-0.3, -0.25) is 10.1 Å². The Bertz CT molecular complexity index is 764. The molecule has 0 atom stereocenters. The first kappa shape index (κ1) is 15.3. The van der Waals surface area contributed by atoms with Gasteiger partial charge in [0.15, 0.2) is 0 Å². The number of nitriles is 1. The summed E-state index contributed by atoms with van der Waals surface area (Å²) in [6.07, 6.45) is 0. The first-order valence-corrected chi connectivity index (χ1v) is 6.44. The number of nitrogens with zero attached hydrogens (tertiary/aromatic N) is 3. The van der Waals surface area contributed by atoms with Crippen LogP contribution < -0.4 is 10.1 Å². The molecule has 112 valence electrons. The van der Waals surface area contributed by atoms with E-state index < -0.39 is 4.92 Å². The molecule has 7 nitrogen and oxygen atoms in total. The first-order chi connectivity index (χ1) is 10.5. The highest BCUT2D eigenvalue weighted by Crippen LogP contribution is 2.30. The zero-order valence-electron chi connectivity index (χ0n) is 12.4. The van der Waals surface area contributed by atoms with Crippen molar-refractivity contribution in [3.8, 4) is 11.8 Å². The zero-order valence-corrected chi connectivity index (χ0v) is 12.4. The van der Waals surface area contributed by atoms with Crippen LogP contribution in [0, 0.1) is 35.3 Å². The van der Waals surface area contributed by atoms with Crippen molar-refractivity contribution in [1.82, 2.24) is 4.98 Å². The van der Waals surface area contributed by atoms with Gasteiger partial charge >= 0.3 is 0 Å². The lowest BCUT2D eigenvalue weighted by atomic mass is 10.1. The molecule has 22 heavy (non-hydrogen) atoms. The molecule has 1 N–H and O–H groups in total. The molecule has 0 radical (unpaired) electrons. The van der Waals surface area contributed by atoms with Crippen molar-refractivity contribution in [3.63, 3.8) is 0 Å². The van der Waals surface area contributed by atoms with Crippen molar-refractivity contribution in [1.29, 1.82) is 5.26 Å². The molecule has 7 heteroatoms. The summed E-state index contributed by atoms with van der Waals surface area (Å²) in [5, 5.41) is 23.4. The Morgan fingerprint density at radius 3 is 2.45 bits per heavy atom. The van der Waals surface area contributed by atoms with Crippen LogP contribution in [0.15, 0.2) is 24.3 Å². The van der Waals surface area contributed by atoms with Crippen molar-refractivity contribution >= 4 is 17.2 Å². The average molecular weight is 298 g/mol. The number of methoxy groups -OCH3 is 1. The SMILES string of the molecule is COc1ccc(Nc2nc(C)c([N+](=O)[O-])c(C)c2C#N)cc1. The van der Waals surface area contributed by atoms with Gasteiger partial charge in [0.05, 0.1) is 17.6 Å². The Morgan fingerprint density at radius 2 is 1.95 bits per heavy atom. The summed E-state index contributed by atoms with van der Waals surface area (Å²) in [7, 11) is 1.57. The summed E-state index contributed by atoms with van der Waals surface area (Å²) < 4.78 is 5.07. The summed E-state index contributed by atoms with van der Waals surface area (Å²) in [4.78, 5) is 14.7. The zero-order chi connectivity index (χ0) is 16.3. The van der Waals surface area contributed by atoms with Gasteiger partial charge in [0.2, 0.25) is 0 Å². The lowest BCUT2D eigenvalue weighted by molar-refractivity contribution is -0.386. The van der Waals surface area contributed by atoms with Crippen LogP contribution >= 0.6 is 0 Å². The number of hydrogen-bond acceptors (Lipinski definition) is 6. The number of ether oxygens (including phenoxy) is 1. The molecule has 0 bridgehead atoms. The molecular formula is C15H14N4O3. The molecule has 1 aromatic heterocycles. The smallest absolute Gasteiger partial charge is 0.294 e. The van der Waals surface area contributed by atoms with Gasteiger partial charge in [0.1, 0.15) is 28.9 Å². The Morgan fingerprint density at radius 1 is 1.32 bits per heavy atom. The normalized spacial score (nSPS) is 9.91. The number of nitro groups is 1. The quantitative estimate of drug-likeness (QED) is 0.687. The minimum Gasteiger partial charge on any atom is -0.497 e. The molecule has 0 unspecified atom stereocenters. The molecule has 0 spiro atoms. The van der Waals surface area contributed by atoms with Gasteiger partial charge in [-0.25, -0.2) is 4.98 Å². The van der Waals surface area contributed by atoms with Crippen LogP contribution in [0.3, 0.4) is 0 Å². The van der Waals surface area contributed by atoms with Gasteiger partial charge in [0, 0.05) is 5.69 Å². The molecule has 0 amide bonds. The highest BCUT2D eigenvalue weighted by molar-refractivity contribution is 5.69. The van der Waals surface area contributed by atoms with E-state index in [4.69, 9.17) is 4.74 Å². The predicted molar refractivity (Wildman–Crippen MR) is 81.4 cm³/mol. The van der Waals surface area contributed by atoms with Crippen molar-refractivity contribution < 1.29 is 9.66 Å². The van der Waals surface area contributed by atoms with Gasteiger partial charge in [-0.15, -0.1) is 0 Å². The molecule has 0 aliphatic rings. The average Bonchev–Trinajstić information content (AvgIpc) is 2.47. The maximum absolute atomic E-state index is 11.1. The minimum absolute atomic E-state index is 0.128. The second-order valence-corrected chi connectivity index (χ2v) is 4.62. The third-order valence-electron chi connectivity index (χ3n) is 3.24. The summed E-state index contributed by atoms with van der Waals surface area (Å²) in [5.74, 6) is 1.00. The summed E-state index contributed by atoms with van der Waals surface area (Å²) >= 11 is 0. The molecule has 0 aliphatic carbocycles. The number of benzene rings is 1. The fraction of sp³-hybridized carbons (Fsp3) is 0.200. The molecule has 0 saturated carbocycles. The lowest BCUT2D eigenvalue weighted by Gasteiger charge is -2.11. The number of rotatable bonds is 4. The van der Waals surface area contributed by atoms with Crippen LogP contribution in [0.4, 0.5) is 17.2 Å². The molecular weight excluding hydrogens is 284 g/mol. The third-order valence-corrected chi connectivity index (χ3v) is 3.24. The second kappa shape index (κ2) is 6.10. The van der Waals surface area contributed by atoms with Crippen molar-refractivity contribution in [3.05, 3.63) is 51.2 Å². The summed E-state index contributed by atoms with van der Waals surface area (Å²) in [6.45, 7) is 3.09. The third kappa shape index (κ3) is 2.81. The van der Waals surface area contributed by atoms with E-state index in [0.29, 0.717) is 22.8 Å². The lowest BCUT2D eigenvalue weighted by Crippen LogP contribution is -2.05. The monoisotopic (exact) mass is 298 g/mol. The van der Waals surface area contributed by atoms with Crippen LogP contribution in [0.2, 0.25) is 0 Å². The Labute approximate surface area is 127 Å². The van der Waals surface area contributed by atoms with Crippen LogP contribution in [-0.4, -0.2) is 17.0 Å². The van der Waals surface area contributed by atoms with E-state index in [1.165, 1.54) is 0 Å². The maximum Gasteiger partial charge on any atom is 0.294 e. The number of anilines is 2. The fourth-order valence-corrected chi connectivity index (χ4v) is 2.15. The molecule has 0 saturated heterocycles. The Kier molecular flexibility index (Phi) is 4.23. The minimum atomic E-state index is -0.518. The first-order valence-electron chi connectivity index (χ1n) is 6.44. The molecule has 0 aliphatic heterocycles. The Hall–Kier alpha value is -3.14. The second-order valence-electron chi connectivity index (χ2n) is 4.62. The highest BCUT2D eigenvalue weighted by Gasteiger charge is 2.22. The summed E-state index contributed by atoms with van der Waals surface area (Å²) in [5.41, 5.74) is 1.30. The van der Waals surface area contributed by atoms with Crippen LogP contribution in [0.5, 0.6) is 5.75 Å². The van der Waals surface area contributed by atoms with Crippen LogP contribution in [0.1, 0.15) is 16.8 Å². The standard InChI is InChI=1S/C15H14N4O3/c1-9-13(8-16)15(17-10(2)14(9)19(20)21)18-11-4-6-12(22-3)7-5-11/h4-7H,1-3H3,(H,17,18). The van der Waals surface area contributed by atoms with Gasteiger partial charge in [-0.1, -0.05) is 0 Å². The maximum atomic E-state index is 11.1. The number of aromatic nitrogens is 1. The topological polar surface area (TPSA) is 101 Å². The van der Waals surface area contributed by atoms with E-state index in [2.05, 4.69) is 10.3 Å². The fourth-order valence-electron chi connectivity index (χ4n) is 2.15. The number of nitrogens with one attached hydrogen (secondary N) is 1. The van der Waals surface area contributed by atoms with E-state index in [1.54, 1.807) is 45.2 Å². The molecule has 2 rings (SSSR count). The van der Waals surface area contributed by atoms with E-state index >= 15 is 0 Å². The summed E-state index contributed by atoms with van der Waals surface area (Å²) in [6, 6.07) is 9.04. The van der Waals surface area contributed by atoms with Gasteiger partial charge in [-0.05, 0) is 38.1 Å². The molecule has 2 aromatic rings. The Balaban J connectivity index is 2.47. The van der Waals surface area contributed by atoms with Crippen LogP contribution in [0.25, 0.3) is 0 Å². The number of aryl methyl sites for hydroxylation is 1. The molecule has 1 aromatic carbocycles. The van der Waals surface area contributed by atoms with E-state index in [-0.39, 0.29) is 16.9 Å². The van der Waals surface area contributed by atoms with E-state index in [1.807, 2.05) is 6.07 Å². The van der Waals surface area contributed by atoms with Gasteiger partial charge in [0.25, 0.3) is 5.69 Å². The number of hydrogen-bond donors (Lipinski definition) is 1. The van der Waals surface area contributed by atoms with Crippen LogP contribution in [-0.2, 0) is 0 Å².